The van der Waals surface area contributed by atoms with Gasteiger partial charge in [-0.3, -0.25) is 0 Å². The van der Waals surface area contributed by atoms with Crippen molar-refractivity contribution in [3.8, 4) is 0 Å². The Bertz CT molecular complexity index is 154. The molecule has 3 nitrogen and oxygen atoms in total. The second-order valence-corrected chi connectivity index (χ2v) is 2.97. The number of carbonyl (C=O) groups is 1. The Morgan fingerprint density at radius 2 is 2.23 bits per heavy atom. The quantitative estimate of drug-likeness (QED) is 0.373. The molecule has 1 N–H and O–H groups in total. The van der Waals surface area contributed by atoms with Gasteiger partial charge in [-0.25, -0.2) is 4.79 Å². The van der Waals surface area contributed by atoms with Gasteiger partial charge in [-0.05, 0) is 19.3 Å². The van der Waals surface area contributed by atoms with E-state index in [1.165, 1.54) is 7.11 Å². The first-order valence-electron chi connectivity index (χ1n) is 4.59. The van der Waals surface area contributed by atoms with E-state index in [1.54, 1.807) is 0 Å². The lowest BCUT2D eigenvalue weighted by molar-refractivity contribution is -0.150. The topological polar surface area (TPSA) is 46.5 Å². The van der Waals surface area contributed by atoms with Crippen LogP contribution in [0.15, 0.2) is 12.7 Å². The SMILES string of the molecule is C=CCCCCCC(O)C(=O)OC. The van der Waals surface area contributed by atoms with Crippen LogP contribution >= 0.6 is 0 Å². The lowest BCUT2D eigenvalue weighted by Gasteiger charge is -2.06. The molecule has 0 aromatic rings. The zero-order valence-electron chi connectivity index (χ0n) is 8.16. The van der Waals surface area contributed by atoms with E-state index in [0.29, 0.717) is 6.42 Å². The number of methoxy groups -OCH3 is 1. The van der Waals surface area contributed by atoms with E-state index in [4.69, 9.17) is 0 Å². The summed E-state index contributed by atoms with van der Waals surface area (Å²) in [6.45, 7) is 3.61. The number of aliphatic hydroxyl groups is 1. The number of hydrogen-bond donors (Lipinski definition) is 1. The van der Waals surface area contributed by atoms with Gasteiger partial charge in [-0.2, -0.15) is 0 Å². The van der Waals surface area contributed by atoms with Gasteiger partial charge in [0.15, 0.2) is 6.10 Å². The van der Waals surface area contributed by atoms with Gasteiger partial charge in [0.1, 0.15) is 0 Å². The molecule has 76 valence electrons. The molecule has 0 aliphatic carbocycles. The molecule has 0 rings (SSSR count). The number of ether oxygens (including phenoxy) is 1. The Kier molecular flexibility index (Phi) is 7.30. The van der Waals surface area contributed by atoms with Crippen LogP contribution < -0.4 is 0 Å². The van der Waals surface area contributed by atoms with E-state index in [-0.39, 0.29) is 0 Å². The van der Waals surface area contributed by atoms with Crippen molar-refractivity contribution in [2.24, 2.45) is 0 Å². The Hall–Kier alpha value is -0.830. The third-order valence-electron chi connectivity index (χ3n) is 1.86. The first kappa shape index (κ1) is 12.2. The fourth-order valence-corrected chi connectivity index (χ4v) is 1.06. The van der Waals surface area contributed by atoms with Gasteiger partial charge in [-0.15, -0.1) is 6.58 Å². The summed E-state index contributed by atoms with van der Waals surface area (Å²) in [5, 5.41) is 9.18. The van der Waals surface area contributed by atoms with Crippen LogP contribution in [-0.2, 0) is 9.53 Å². The molecule has 3 heteroatoms. The fourth-order valence-electron chi connectivity index (χ4n) is 1.06. The van der Waals surface area contributed by atoms with E-state index in [9.17, 15) is 9.90 Å². The van der Waals surface area contributed by atoms with Crippen LogP contribution in [0.1, 0.15) is 32.1 Å². The maximum atomic E-state index is 10.7. The van der Waals surface area contributed by atoms with Gasteiger partial charge < -0.3 is 9.84 Å². The second kappa shape index (κ2) is 7.80. The van der Waals surface area contributed by atoms with Crippen LogP contribution in [0.2, 0.25) is 0 Å². The third kappa shape index (κ3) is 6.34. The zero-order chi connectivity index (χ0) is 10.1. The van der Waals surface area contributed by atoms with Gasteiger partial charge in [0.25, 0.3) is 0 Å². The normalized spacial score (nSPS) is 12.2. The zero-order valence-corrected chi connectivity index (χ0v) is 8.16. The molecule has 1 unspecified atom stereocenters. The van der Waals surface area contributed by atoms with Gasteiger partial charge in [0.05, 0.1) is 7.11 Å². The summed E-state index contributed by atoms with van der Waals surface area (Å²) < 4.78 is 4.39. The van der Waals surface area contributed by atoms with Crippen LogP contribution in [0.3, 0.4) is 0 Å². The van der Waals surface area contributed by atoms with Crippen molar-refractivity contribution < 1.29 is 14.6 Å². The summed E-state index contributed by atoms with van der Waals surface area (Å²) in [5.74, 6) is -0.538. The van der Waals surface area contributed by atoms with Crippen molar-refractivity contribution in [2.75, 3.05) is 7.11 Å². The first-order valence-corrected chi connectivity index (χ1v) is 4.59. The average molecular weight is 186 g/mol. The molecular formula is C10H18O3. The van der Waals surface area contributed by atoms with E-state index in [0.717, 1.165) is 25.7 Å². The molecule has 0 saturated heterocycles. The summed E-state index contributed by atoms with van der Waals surface area (Å²) in [5.41, 5.74) is 0. The highest BCUT2D eigenvalue weighted by Crippen LogP contribution is 2.06. The van der Waals surface area contributed by atoms with Crippen LogP contribution in [0.25, 0.3) is 0 Å². The molecule has 0 amide bonds. The Labute approximate surface area is 79.4 Å². The largest absolute Gasteiger partial charge is 0.467 e. The van der Waals surface area contributed by atoms with Gasteiger partial charge >= 0.3 is 5.97 Å². The lowest BCUT2D eigenvalue weighted by atomic mass is 10.1. The summed E-state index contributed by atoms with van der Waals surface area (Å²) in [4.78, 5) is 10.7. The molecule has 0 aromatic heterocycles. The smallest absolute Gasteiger partial charge is 0.334 e. The van der Waals surface area contributed by atoms with Crippen molar-refractivity contribution in [3.63, 3.8) is 0 Å². The number of unbranched alkanes of at least 4 members (excludes halogenated alkanes) is 3. The number of esters is 1. The number of carbonyl (C=O) groups excluding carboxylic acids is 1. The number of allylic oxidation sites excluding steroid dienone is 1. The molecule has 0 aromatic carbocycles. The number of hydrogen-bond acceptors (Lipinski definition) is 3. The summed E-state index contributed by atoms with van der Waals surface area (Å²) in [7, 11) is 1.28. The van der Waals surface area contributed by atoms with Crippen molar-refractivity contribution in [1.29, 1.82) is 0 Å². The van der Waals surface area contributed by atoms with Crippen molar-refractivity contribution in [1.82, 2.24) is 0 Å². The highest BCUT2D eigenvalue weighted by atomic mass is 16.5. The molecule has 1 atom stereocenters. The minimum absolute atomic E-state index is 0.490. The third-order valence-corrected chi connectivity index (χ3v) is 1.86. The molecule has 0 aliphatic heterocycles. The van der Waals surface area contributed by atoms with Crippen LogP contribution in [0.5, 0.6) is 0 Å². The van der Waals surface area contributed by atoms with Crippen molar-refractivity contribution in [2.45, 2.75) is 38.2 Å². The van der Waals surface area contributed by atoms with Gasteiger partial charge in [-0.1, -0.05) is 18.9 Å². The second-order valence-electron chi connectivity index (χ2n) is 2.97. The predicted molar refractivity (Wildman–Crippen MR) is 51.3 cm³/mol. The molecular weight excluding hydrogens is 168 g/mol. The fraction of sp³-hybridized carbons (Fsp3) is 0.700. The molecule has 0 aliphatic rings. The molecule has 13 heavy (non-hydrogen) atoms. The minimum atomic E-state index is -0.950. The van der Waals surface area contributed by atoms with Gasteiger partial charge in [0, 0.05) is 0 Å². The highest BCUT2D eigenvalue weighted by molar-refractivity contribution is 5.74. The van der Waals surface area contributed by atoms with E-state index in [1.807, 2.05) is 6.08 Å². The lowest BCUT2D eigenvalue weighted by Crippen LogP contribution is -2.21. The maximum absolute atomic E-state index is 10.7. The molecule has 0 bridgehead atoms. The van der Waals surface area contributed by atoms with E-state index < -0.39 is 12.1 Å². The van der Waals surface area contributed by atoms with Crippen LogP contribution in [0.4, 0.5) is 0 Å². The summed E-state index contributed by atoms with van der Waals surface area (Å²) in [6.07, 6.45) is 5.34. The highest BCUT2D eigenvalue weighted by Gasteiger charge is 2.13. The minimum Gasteiger partial charge on any atom is -0.467 e. The summed E-state index contributed by atoms with van der Waals surface area (Å²) >= 11 is 0. The Balaban J connectivity index is 3.31. The molecule has 0 saturated carbocycles. The Morgan fingerprint density at radius 3 is 2.77 bits per heavy atom. The Morgan fingerprint density at radius 1 is 1.54 bits per heavy atom. The van der Waals surface area contributed by atoms with Crippen molar-refractivity contribution >= 4 is 5.97 Å². The maximum Gasteiger partial charge on any atom is 0.334 e. The molecule has 0 heterocycles. The summed E-state index contributed by atoms with van der Waals surface area (Å²) in [6, 6.07) is 0. The van der Waals surface area contributed by atoms with Gasteiger partial charge in [0.2, 0.25) is 0 Å². The first-order chi connectivity index (χ1) is 6.22. The number of aliphatic hydroxyl groups excluding tert-OH is 1. The molecule has 0 fully saturated rings. The van der Waals surface area contributed by atoms with E-state index in [2.05, 4.69) is 11.3 Å². The van der Waals surface area contributed by atoms with E-state index >= 15 is 0 Å². The predicted octanol–water partition coefficient (Wildman–Crippen LogP) is 1.66. The van der Waals surface area contributed by atoms with Crippen LogP contribution in [-0.4, -0.2) is 24.3 Å². The monoisotopic (exact) mass is 186 g/mol. The van der Waals surface area contributed by atoms with Crippen molar-refractivity contribution in [3.05, 3.63) is 12.7 Å². The number of rotatable bonds is 7. The average Bonchev–Trinajstić information content (AvgIpc) is 2.16. The van der Waals surface area contributed by atoms with Crippen LogP contribution in [0, 0.1) is 0 Å². The standard InChI is InChI=1S/C10H18O3/c1-3-4-5-6-7-8-9(11)10(12)13-2/h3,9,11H,1,4-8H2,2H3. The molecule has 0 spiro atoms. The molecule has 0 radical (unpaired) electrons.